The van der Waals surface area contributed by atoms with E-state index in [1.54, 1.807) is 24.3 Å². The summed E-state index contributed by atoms with van der Waals surface area (Å²) < 4.78 is 44.6. The lowest BCUT2D eigenvalue weighted by molar-refractivity contribution is -0.00595. The molecule has 0 unspecified atom stereocenters. The molecule has 1 fully saturated rings. The first-order valence-electron chi connectivity index (χ1n) is 8.80. The second-order valence-corrected chi connectivity index (χ2v) is 9.14. The van der Waals surface area contributed by atoms with Gasteiger partial charge < -0.3 is 4.90 Å². The standard InChI is InChI=1S/C18H21F2N5OS/c1-11-7-9-25(11)17-22-15(14-6-8-18(19,20)16(14)23-17)12-4-3-5-13(10-12)24-27(2,21)26/h3-5,10-11H,6-9H2,1-2H3,(H2,21,24,26)/t11-,27+/m0/s1. The van der Waals surface area contributed by atoms with Crippen LogP contribution in [-0.4, -0.2) is 33.0 Å². The maximum absolute atomic E-state index is 14.4. The molecular weight excluding hydrogens is 372 g/mol. The molecule has 2 N–H and O–H groups in total. The van der Waals surface area contributed by atoms with Crippen LogP contribution in [0.4, 0.5) is 20.4 Å². The number of benzene rings is 1. The van der Waals surface area contributed by atoms with Crippen LogP contribution < -0.4 is 10.0 Å². The Hall–Kier alpha value is -2.13. The molecular formula is C18H21F2N5OS. The second-order valence-electron chi connectivity index (χ2n) is 7.24. The molecule has 9 heteroatoms. The Balaban J connectivity index is 1.88. The smallest absolute Gasteiger partial charge is 0.290 e. The number of alkyl halides is 2. The number of hydrogen-bond donors (Lipinski definition) is 1. The second kappa shape index (κ2) is 6.20. The number of rotatable bonds is 3. The number of nitrogens with zero attached hydrogens (tertiary/aromatic N) is 4. The summed E-state index contributed by atoms with van der Waals surface area (Å²) >= 11 is 0. The largest absolute Gasteiger partial charge is 0.338 e. The van der Waals surface area contributed by atoms with Crippen molar-refractivity contribution in [3.63, 3.8) is 0 Å². The van der Waals surface area contributed by atoms with E-state index in [0.717, 1.165) is 13.0 Å². The van der Waals surface area contributed by atoms with Crippen LogP contribution in [0.5, 0.6) is 0 Å². The summed E-state index contributed by atoms with van der Waals surface area (Å²) in [5.74, 6) is -2.61. The molecule has 1 aliphatic carbocycles. The lowest BCUT2D eigenvalue weighted by Gasteiger charge is -2.39. The molecule has 2 aliphatic rings. The zero-order chi connectivity index (χ0) is 19.4. The Morgan fingerprint density at radius 3 is 2.78 bits per heavy atom. The highest BCUT2D eigenvalue weighted by Crippen LogP contribution is 2.45. The van der Waals surface area contributed by atoms with Crippen molar-refractivity contribution in [1.29, 1.82) is 0 Å². The van der Waals surface area contributed by atoms with E-state index < -0.39 is 15.8 Å². The van der Waals surface area contributed by atoms with Crippen molar-refractivity contribution in [1.82, 2.24) is 9.97 Å². The Kier molecular flexibility index (Phi) is 4.19. The van der Waals surface area contributed by atoms with E-state index in [1.807, 2.05) is 11.8 Å². The van der Waals surface area contributed by atoms with E-state index in [0.29, 0.717) is 28.5 Å². The number of aromatic nitrogens is 2. The maximum Gasteiger partial charge on any atom is 0.290 e. The highest BCUT2D eigenvalue weighted by Gasteiger charge is 2.44. The Morgan fingerprint density at radius 2 is 2.15 bits per heavy atom. The van der Waals surface area contributed by atoms with Gasteiger partial charge in [0.1, 0.15) is 15.6 Å². The van der Waals surface area contributed by atoms with Gasteiger partial charge in [0, 0.05) is 36.4 Å². The van der Waals surface area contributed by atoms with Gasteiger partial charge in [-0.15, -0.1) is 0 Å². The number of anilines is 1. The van der Waals surface area contributed by atoms with E-state index in [4.69, 9.17) is 5.14 Å². The molecule has 1 aromatic carbocycles. The fraction of sp³-hybridized carbons (Fsp3) is 0.444. The fourth-order valence-electron chi connectivity index (χ4n) is 3.51. The summed E-state index contributed by atoms with van der Waals surface area (Å²) in [6.45, 7) is 2.78. The van der Waals surface area contributed by atoms with Crippen LogP contribution >= 0.6 is 0 Å². The predicted octanol–water partition coefficient (Wildman–Crippen LogP) is 3.38. The van der Waals surface area contributed by atoms with Gasteiger partial charge in [-0.2, -0.15) is 13.1 Å². The number of hydrogen-bond acceptors (Lipinski definition) is 5. The average Bonchev–Trinajstić information content (AvgIpc) is 2.87. The number of halogens is 2. The fourth-order valence-corrected chi connectivity index (χ4v) is 4.04. The monoisotopic (exact) mass is 393 g/mol. The third kappa shape index (κ3) is 3.41. The van der Waals surface area contributed by atoms with Crippen LogP contribution in [0.3, 0.4) is 0 Å². The highest BCUT2D eigenvalue weighted by atomic mass is 32.2. The minimum absolute atomic E-state index is 0.179. The lowest BCUT2D eigenvalue weighted by Crippen LogP contribution is -2.47. The maximum atomic E-state index is 14.4. The first-order chi connectivity index (χ1) is 12.6. The quantitative estimate of drug-likeness (QED) is 0.866. The van der Waals surface area contributed by atoms with Crippen LogP contribution in [-0.2, 0) is 22.3 Å². The topological polar surface area (TPSA) is 84.5 Å². The zero-order valence-corrected chi connectivity index (χ0v) is 16.0. The van der Waals surface area contributed by atoms with Gasteiger partial charge in [0.05, 0.1) is 11.4 Å². The minimum Gasteiger partial charge on any atom is -0.338 e. The summed E-state index contributed by atoms with van der Waals surface area (Å²) in [6.07, 6.45) is 2.28. The summed E-state index contributed by atoms with van der Waals surface area (Å²) in [6, 6.07) is 7.10. The van der Waals surface area contributed by atoms with Gasteiger partial charge in [-0.3, -0.25) is 0 Å². The molecule has 6 nitrogen and oxygen atoms in total. The van der Waals surface area contributed by atoms with E-state index in [2.05, 4.69) is 14.3 Å². The molecule has 0 bridgehead atoms. The Morgan fingerprint density at radius 1 is 1.37 bits per heavy atom. The van der Waals surface area contributed by atoms with Crippen molar-refractivity contribution < 1.29 is 13.0 Å². The van der Waals surface area contributed by atoms with Gasteiger partial charge in [-0.25, -0.2) is 19.3 Å². The van der Waals surface area contributed by atoms with Gasteiger partial charge in [0.15, 0.2) is 0 Å². The minimum atomic E-state index is -2.95. The van der Waals surface area contributed by atoms with Crippen molar-refractivity contribution in [3.8, 4) is 11.3 Å². The van der Waals surface area contributed by atoms with Crippen LogP contribution in [0.2, 0.25) is 0 Å². The van der Waals surface area contributed by atoms with Crippen molar-refractivity contribution in [2.24, 2.45) is 9.50 Å². The van der Waals surface area contributed by atoms with E-state index in [1.165, 1.54) is 6.26 Å². The van der Waals surface area contributed by atoms with Gasteiger partial charge in [-0.05, 0) is 31.9 Å². The molecule has 2 aromatic rings. The zero-order valence-electron chi connectivity index (χ0n) is 15.2. The molecule has 2 atom stereocenters. The molecule has 1 aromatic heterocycles. The van der Waals surface area contributed by atoms with Crippen molar-refractivity contribution in [3.05, 3.63) is 35.5 Å². The summed E-state index contributed by atoms with van der Waals surface area (Å²) in [5, 5.41) is 5.52. The van der Waals surface area contributed by atoms with E-state index >= 15 is 0 Å². The van der Waals surface area contributed by atoms with Crippen LogP contribution in [0.15, 0.2) is 28.6 Å². The average molecular weight is 393 g/mol. The Labute approximate surface area is 157 Å². The summed E-state index contributed by atoms with van der Waals surface area (Å²) in [5.41, 5.74) is 1.85. The van der Waals surface area contributed by atoms with E-state index in [9.17, 15) is 13.0 Å². The Bertz CT molecular complexity index is 1020. The highest BCUT2D eigenvalue weighted by molar-refractivity contribution is 7.90. The summed E-state index contributed by atoms with van der Waals surface area (Å²) in [7, 11) is -2.82. The van der Waals surface area contributed by atoms with Crippen molar-refractivity contribution in [2.45, 2.75) is 38.2 Å². The molecule has 4 rings (SSSR count). The van der Waals surface area contributed by atoms with Crippen LogP contribution in [0.1, 0.15) is 31.0 Å². The van der Waals surface area contributed by atoms with Gasteiger partial charge in [0.25, 0.3) is 5.92 Å². The first-order valence-corrected chi connectivity index (χ1v) is 10.8. The third-order valence-electron chi connectivity index (χ3n) is 5.01. The molecule has 1 saturated heterocycles. The van der Waals surface area contributed by atoms with Gasteiger partial charge in [0.2, 0.25) is 5.95 Å². The van der Waals surface area contributed by atoms with E-state index in [-0.39, 0.29) is 24.6 Å². The molecule has 0 spiro atoms. The molecule has 27 heavy (non-hydrogen) atoms. The van der Waals surface area contributed by atoms with Crippen molar-refractivity contribution in [2.75, 3.05) is 17.7 Å². The van der Waals surface area contributed by atoms with Gasteiger partial charge in [-0.1, -0.05) is 12.1 Å². The van der Waals surface area contributed by atoms with Gasteiger partial charge >= 0.3 is 0 Å². The predicted molar refractivity (Wildman–Crippen MR) is 101 cm³/mol. The number of nitrogens with two attached hydrogens (primary N) is 1. The first kappa shape index (κ1) is 18.2. The molecule has 0 amide bonds. The summed E-state index contributed by atoms with van der Waals surface area (Å²) in [4.78, 5) is 10.8. The van der Waals surface area contributed by atoms with Crippen LogP contribution in [0.25, 0.3) is 11.3 Å². The molecule has 2 heterocycles. The lowest BCUT2D eigenvalue weighted by atomic mass is 10.0. The van der Waals surface area contributed by atoms with Crippen molar-refractivity contribution >= 4 is 21.6 Å². The molecule has 1 aliphatic heterocycles. The number of fused-ring (bicyclic) bond motifs is 1. The SMILES string of the molecule is C[C@H]1CCN1c1nc(-c2cccc(N=[S@@](C)(N)=O)c2)c2c(n1)C(F)(F)CC2. The molecule has 0 saturated carbocycles. The third-order valence-corrected chi connectivity index (χ3v) is 5.59. The van der Waals surface area contributed by atoms with Crippen LogP contribution in [0, 0.1) is 0 Å². The molecule has 144 valence electrons. The normalized spacial score (nSPS) is 22.7. The molecule has 0 radical (unpaired) electrons.